The minimum absolute atomic E-state index is 0.208. The topological polar surface area (TPSA) is 93.2 Å². The number of amides is 1. The van der Waals surface area contributed by atoms with E-state index in [1.54, 1.807) is 36.4 Å². The molecular weight excluding hydrogens is 356 g/mol. The number of hydrogen-bond donors (Lipinski definition) is 2. The van der Waals surface area contributed by atoms with Crippen LogP contribution in [-0.2, 0) is 11.2 Å². The van der Waals surface area contributed by atoms with Gasteiger partial charge in [-0.05, 0) is 48.4 Å². The number of nitrogens with zero attached hydrogens (tertiary/aromatic N) is 2. The molecule has 0 radical (unpaired) electrons. The molecule has 7 nitrogen and oxygen atoms in total. The maximum atomic E-state index is 12.4. The number of carbonyl (C=O) groups is 2. The molecule has 142 valence electrons. The van der Waals surface area contributed by atoms with Crippen molar-refractivity contribution in [1.29, 1.82) is 0 Å². The van der Waals surface area contributed by atoms with Crippen LogP contribution < -0.4 is 10.6 Å². The van der Waals surface area contributed by atoms with Gasteiger partial charge in [0.1, 0.15) is 0 Å². The number of esters is 1. The van der Waals surface area contributed by atoms with Crippen molar-refractivity contribution in [3.8, 4) is 0 Å². The molecule has 0 aliphatic heterocycles. The molecule has 1 heterocycles. The Morgan fingerprint density at radius 3 is 2.54 bits per heavy atom. The largest absolute Gasteiger partial charge is 0.465 e. The normalized spacial score (nSPS) is 10.2. The number of aryl methyl sites for hydroxylation is 1. The lowest BCUT2D eigenvalue weighted by Gasteiger charge is -2.10. The predicted molar refractivity (Wildman–Crippen MR) is 107 cm³/mol. The van der Waals surface area contributed by atoms with Crippen molar-refractivity contribution in [2.24, 2.45) is 0 Å². The van der Waals surface area contributed by atoms with Crippen molar-refractivity contribution in [3.05, 3.63) is 77.5 Å². The zero-order valence-electron chi connectivity index (χ0n) is 15.6. The first-order valence-electron chi connectivity index (χ1n) is 8.79. The maximum Gasteiger partial charge on any atom is 0.337 e. The smallest absolute Gasteiger partial charge is 0.337 e. The van der Waals surface area contributed by atoms with E-state index in [-0.39, 0.29) is 11.6 Å². The molecule has 1 amide bonds. The number of aromatic nitrogens is 2. The second kappa shape index (κ2) is 8.77. The van der Waals surface area contributed by atoms with E-state index >= 15 is 0 Å². The Balaban J connectivity index is 1.70. The number of benzene rings is 2. The fourth-order valence-corrected chi connectivity index (χ4v) is 2.65. The molecule has 0 fully saturated rings. The average molecular weight is 376 g/mol. The van der Waals surface area contributed by atoms with Crippen molar-refractivity contribution in [3.63, 3.8) is 0 Å². The Morgan fingerprint density at radius 2 is 1.82 bits per heavy atom. The molecule has 0 atom stereocenters. The van der Waals surface area contributed by atoms with Crippen LogP contribution in [0.15, 0.2) is 60.7 Å². The van der Waals surface area contributed by atoms with Gasteiger partial charge in [-0.2, -0.15) is 0 Å². The van der Waals surface area contributed by atoms with Gasteiger partial charge < -0.3 is 15.4 Å². The van der Waals surface area contributed by atoms with Crippen LogP contribution in [0.5, 0.6) is 0 Å². The number of nitrogens with one attached hydrogen (secondary N) is 2. The van der Waals surface area contributed by atoms with Gasteiger partial charge in [-0.15, -0.1) is 10.2 Å². The van der Waals surface area contributed by atoms with Crippen LogP contribution in [0.3, 0.4) is 0 Å². The molecule has 1 aromatic heterocycles. The van der Waals surface area contributed by atoms with Crippen LogP contribution in [0.2, 0.25) is 0 Å². The van der Waals surface area contributed by atoms with E-state index in [2.05, 4.69) is 20.8 Å². The SMILES string of the molecule is CCc1ccccc1NC(=O)c1ccc(Nc2cccc(C(=O)OC)c2)nn1. The van der Waals surface area contributed by atoms with Crippen molar-refractivity contribution in [1.82, 2.24) is 10.2 Å². The van der Waals surface area contributed by atoms with Gasteiger partial charge in [0.2, 0.25) is 0 Å². The summed E-state index contributed by atoms with van der Waals surface area (Å²) in [5, 5.41) is 13.9. The van der Waals surface area contributed by atoms with Crippen molar-refractivity contribution in [2.45, 2.75) is 13.3 Å². The van der Waals surface area contributed by atoms with Gasteiger partial charge >= 0.3 is 5.97 Å². The molecule has 0 unspecified atom stereocenters. The van der Waals surface area contributed by atoms with Gasteiger partial charge in [0.25, 0.3) is 5.91 Å². The number of methoxy groups -OCH3 is 1. The number of rotatable bonds is 6. The Morgan fingerprint density at radius 1 is 1.00 bits per heavy atom. The molecule has 7 heteroatoms. The lowest BCUT2D eigenvalue weighted by Crippen LogP contribution is -2.15. The first-order chi connectivity index (χ1) is 13.6. The Hall–Kier alpha value is -3.74. The lowest BCUT2D eigenvalue weighted by molar-refractivity contribution is 0.0600. The first kappa shape index (κ1) is 19.0. The zero-order chi connectivity index (χ0) is 19.9. The summed E-state index contributed by atoms with van der Waals surface area (Å²) in [5.74, 6) is -0.297. The highest BCUT2D eigenvalue weighted by Gasteiger charge is 2.11. The van der Waals surface area contributed by atoms with E-state index < -0.39 is 5.97 Å². The summed E-state index contributed by atoms with van der Waals surface area (Å²) in [6, 6.07) is 17.7. The predicted octanol–water partition coefficient (Wildman–Crippen LogP) is 3.82. The van der Waals surface area contributed by atoms with E-state index in [1.807, 2.05) is 31.2 Å². The van der Waals surface area contributed by atoms with E-state index in [1.165, 1.54) is 7.11 Å². The number of ether oxygens (including phenoxy) is 1. The van der Waals surface area contributed by atoms with E-state index in [4.69, 9.17) is 4.74 Å². The van der Waals surface area contributed by atoms with E-state index in [9.17, 15) is 9.59 Å². The number of carbonyl (C=O) groups excluding carboxylic acids is 2. The van der Waals surface area contributed by atoms with Gasteiger partial charge in [0.05, 0.1) is 12.7 Å². The minimum atomic E-state index is -0.422. The molecule has 3 aromatic rings. The standard InChI is InChI=1S/C21H20N4O3/c1-3-14-7-4-5-10-17(14)23-20(26)18-11-12-19(25-24-18)22-16-9-6-8-15(13-16)21(27)28-2/h4-13H,3H2,1-2H3,(H,22,25)(H,23,26). The summed E-state index contributed by atoms with van der Waals surface area (Å²) < 4.78 is 4.71. The number of para-hydroxylation sites is 1. The van der Waals surface area contributed by atoms with Crippen LogP contribution in [0.25, 0.3) is 0 Å². The molecular formula is C21H20N4O3. The summed E-state index contributed by atoms with van der Waals surface area (Å²) >= 11 is 0. The fraction of sp³-hybridized carbons (Fsp3) is 0.143. The molecule has 0 saturated carbocycles. The summed E-state index contributed by atoms with van der Waals surface area (Å²) in [6.07, 6.45) is 0.815. The van der Waals surface area contributed by atoms with Gasteiger partial charge in [-0.1, -0.05) is 31.2 Å². The molecule has 2 aromatic carbocycles. The summed E-state index contributed by atoms with van der Waals surface area (Å²) in [5.41, 5.74) is 3.10. The third kappa shape index (κ3) is 4.50. The van der Waals surface area contributed by atoms with Crippen molar-refractivity contribution < 1.29 is 14.3 Å². The third-order valence-electron chi connectivity index (χ3n) is 4.10. The second-order valence-electron chi connectivity index (χ2n) is 5.97. The number of anilines is 3. The quantitative estimate of drug-likeness (QED) is 0.635. The molecule has 0 saturated heterocycles. The zero-order valence-corrected chi connectivity index (χ0v) is 15.6. The van der Waals surface area contributed by atoms with Crippen molar-refractivity contribution in [2.75, 3.05) is 17.7 Å². The Labute approximate surface area is 162 Å². The highest BCUT2D eigenvalue weighted by molar-refractivity contribution is 6.03. The van der Waals surface area contributed by atoms with Gasteiger partial charge in [-0.25, -0.2) is 4.79 Å². The van der Waals surface area contributed by atoms with Crippen LogP contribution in [0.4, 0.5) is 17.2 Å². The highest BCUT2D eigenvalue weighted by atomic mass is 16.5. The molecule has 28 heavy (non-hydrogen) atoms. The minimum Gasteiger partial charge on any atom is -0.465 e. The van der Waals surface area contributed by atoms with Gasteiger partial charge in [-0.3, -0.25) is 4.79 Å². The van der Waals surface area contributed by atoms with E-state index in [0.717, 1.165) is 17.7 Å². The highest BCUT2D eigenvalue weighted by Crippen LogP contribution is 2.18. The molecule has 0 aliphatic carbocycles. The number of hydrogen-bond acceptors (Lipinski definition) is 6. The molecule has 0 aliphatic rings. The Bertz CT molecular complexity index is 987. The average Bonchev–Trinajstić information content (AvgIpc) is 2.74. The first-order valence-corrected chi connectivity index (χ1v) is 8.79. The Kier molecular flexibility index (Phi) is 5.96. The molecule has 2 N–H and O–H groups in total. The van der Waals surface area contributed by atoms with Gasteiger partial charge in [0.15, 0.2) is 11.5 Å². The van der Waals surface area contributed by atoms with Gasteiger partial charge in [0, 0.05) is 11.4 Å². The summed E-state index contributed by atoms with van der Waals surface area (Å²) in [7, 11) is 1.33. The van der Waals surface area contributed by atoms with Crippen LogP contribution in [-0.4, -0.2) is 29.2 Å². The van der Waals surface area contributed by atoms with E-state index in [0.29, 0.717) is 17.1 Å². The second-order valence-corrected chi connectivity index (χ2v) is 5.97. The van der Waals surface area contributed by atoms with Crippen LogP contribution in [0.1, 0.15) is 33.3 Å². The van der Waals surface area contributed by atoms with Crippen LogP contribution in [0, 0.1) is 0 Å². The molecule has 3 rings (SSSR count). The lowest BCUT2D eigenvalue weighted by atomic mass is 10.1. The van der Waals surface area contributed by atoms with Crippen LogP contribution >= 0.6 is 0 Å². The summed E-state index contributed by atoms with van der Waals surface area (Å²) in [4.78, 5) is 24.0. The monoisotopic (exact) mass is 376 g/mol. The van der Waals surface area contributed by atoms with Crippen molar-refractivity contribution >= 4 is 29.1 Å². The third-order valence-corrected chi connectivity index (χ3v) is 4.10. The molecule has 0 bridgehead atoms. The summed E-state index contributed by atoms with van der Waals surface area (Å²) in [6.45, 7) is 2.03. The molecule has 0 spiro atoms. The maximum absolute atomic E-state index is 12.4. The fourth-order valence-electron chi connectivity index (χ4n) is 2.65.